The summed E-state index contributed by atoms with van der Waals surface area (Å²) in [6.07, 6.45) is 2.40. The number of aromatic nitrogens is 2. The summed E-state index contributed by atoms with van der Waals surface area (Å²) in [5.74, 6) is -0.952. The lowest BCUT2D eigenvalue weighted by atomic mass is 10.1. The first-order chi connectivity index (χ1) is 18.6. The van der Waals surface area contributed by atoms with Crippen molar-refractivity contribution in [3.8, 4) is 11.3 Å². The molecule has 1 aliphatic carbocycles. The van der Waals surface area contributed by atoms with Crippen LogP contribution >= 0.6 is 38.5 Å². The highest BCUT2D eigenvalue weighted by atomic mass is 127. The van der Waals surface area contributed by atoms with Crippen molar-refractivity contribution in [3.63, 3.8) is 0 Å². The maximum absolute atomic E-state index is 12.4. The fourth-order valence-corrected chi connectivity index (χ4v) is 11.7. The molecule has 4 aromatic rings. The van der Waals surface area contributed by atoms with Crippen LogP contribution in [0.25, 0.3) is 11.3 Å². The highest BCUT2D eigenvalue weighted by Crippen LogP contribution is 2.42. The summed E-state index contributed by atoms with van der Waals surface area (Å²) in [6.45, 7) is 6.86. The minimum Gasteiger partial charge on any atom is -0.476 e. The first kappa shape index (κ1) is 28.3. The number of rotatable bonds is 7. The zero-order valence-electron chi connectivity index (χ0n) is 22.3. The zero-order valence-corrected chi connectivity index (χ0v) is 27.0. The van der Waals surface area contributed by atoms with Crippen LogP contribution in [0.5, 0.6) is 0 Å². The molecule has 2 atom stereocenters. The Bertz CT molecular complexity index is 1410. The van der Waals surface area contributed by atoms with Gasteiger partial charge in [-0.3, -0.25) is 4.68 Å². The van der Waals surface area contributed by atoms with E-state index in [1.54, 1.807) is 4.68 Å². The molecule has 0 bridgehead atoms. The standard InChI is InChI=1S/C31H32BrIN2O3Si/c1-31(2,3)39(25-10-6-4-7-11-25,26-12-8-5-9-13-26)38-24-19-18-23(20-24)35-29(30(36)37)27(33)28(34-35)21-14-16-22(32)17-15-21/h4-17,23-24H,18-20H2,1-3H3,(H,36,37). The van der Waals surface area contributed by atoms with Gasteiger partial charge in [0.15, 0.2) is 5.69 Å². The molecule has 0 saturated heterocycles. The molecular formula is C31H32BrIN2O3Si. The molecule has 1 N–H and O–H groups in total. The van der Waals surface area contributed by atoms with Gasteiger partial charge >= 0.3 is 5.97 Å². The van der Waals surface area contributed by atoms with E-state index in [0.29, 0.717) is 9.26 Å². The minimum atomic E-state index is -2.70. The number of benzene rings is 3. The Hall–Kier alpha value is -2.27. The van der Waals surface area contributed by atoms with Gasteiger partial charge in [-0.15, -0.1) is 0 Å². The molecule has 0 spiro atoms. The lowest BCUT2D eigenvalue weighted by molar-refractivity contribution is 0.0678. The van der Waals surface area contributed by atoms with Gasteiger partial charge < -0.3 is 9.53 Å². The van der Waals surface area contributed by atoms with Gasteiger partial charge in [-0.05, 0) is 69.4 Å². The molecule has 1 aromatic heterocycles. The monoisotopic (exact) mass is 714 g/mol. The van der Waals surface area contributed by atoms with Gasteiger partial charge in [0.25, 0.3) is 8.32 Å². The van der Waals surface area contributed by atoms with Crippen molar-refractivity contribution in [1.29, 1.82) is 0 Å². The lowest BCUT2D eigenvalue weighted by Gasteiger charge is -2.44. The van der Waals surface area contributed by atoms with E-state index in [1.165, 1.54) is 10.4 Å². The van der Waals surface area contributed by atoms with Crippen LogP contribution in [0, 0.1) is 3.57 Å². The normalized spacial score (nSPS) is 17.9. The number of hydrogen-bond acceptors (Lipinski definition) is 3. The van der Waals surface area contributed by atoms with E-state index in [-0.39, 0.29) is 22.9 Å². The van der Waals surface area contributed by atoms with Crippen LogP contribution in [0.1, 0.15) is 56.6 Å². The van der Waals surface area contributed by atoms with Crippen LogP contribution in [-0.4, -0.2) is 35.3 Å². The van der Waals surface area contributed by atoms with Gasteiger partial charge in [-0.2, -0.15) is 5.10 Å². The Balaban J connectivity index is 1.51. The van der Waals surface area contributed by atoms with E-state index in [4.69, 9.17) is 9.52 Å². The van der Waals surface area contributed by atoms with Gasteiger partial charge in [0.05, 0.1) is 9.61 Å². The maximum atomic E-state index is 12.4. The smallest absolute Gasteiger partial charge is 0.355 e. The molecule has 3 aromatic carbocycles. The van der Waals surface area contributed by atoms with Crippen molar-refractivity contribution in [2.45, 2.75) is 57.2 Å². The number of aromatic carboxylic acids is 1. The molecular weight excluding hydrogens is 683 g/mol. The number of carbonyl (C=O) groups is 1. The molecule has 1 aliphatic rings. The van der Waals surface area contributed by atoms with E-state index in [1.807, 2.05) is 24.3 Å². The Morgan fingerprint density at radius 3 is 2.05 bits per heavy atom. The lowest BCUT2D eigenvalue weighted by Crippen LogP contribution is -2.67. The summed E-state index contributed by atoms with van der Waals surface area (Å²) in [5.41, 5.74) is 1.86. The Morgan fingerprint density at radius 2 is 1.54 bits per heavy atom. The van der Waals surface area contributed by atoms with Crippen LogP contribution in [0.4, 0.5) is 0 Å². The molecule has 0 radical (unpaired) electrons. The van der Waals surface area contributed by atoms with Crippen LogP contribution in [0.2, 0.25) is 5.04 Å². The largest absolute Gasteiger partial charge is 0.476 e. The Labute approximate surface area is 253 Å². The molecule has 39 heavy (non-hydrogen) atoms. The van der Waals surface area contributed by atoms with E-state index in [0.717, 1.165) is 29.3 Å². The molecule has 1 saturated carbocycles. The van der Waals surface area contributed by atoms with Gasteiger partial charge in [0, 0.05) is 16.1 Å². The van der Waals surface area contributed by atoms with Crippen molar-refractivity contribution in [1.82, 2.24) is 9.78 Å². The van der Waals surface area contributed by atoms with Crippen molar-refractivity contribution in [3.05, 3.63) is 98.7 Å². The molecule has 0 amide bonds. The summed E-state index contributed by atoms with van der Waals surface area (Å²) in [5, 5.41) is 17.4. The molecule has 202 valence electrons. The van der Waals surface area contributed by atoms with E-state index >= 15 is 0 Å². The summed E-state index contributed by atoms with van der Waals surface area (Å²) in [7, 11) is -2.70. The Morgan fingerprint density at radius 1 is 0.974 bits per heavy atom. The third kappa shape index (κ3) is 5.40. The van der Waals surface area contributed by atoms with Crippen LogP contribution in [0.15, 0.2) is 89.4 Å². The molecule has 0 aliphatic heterocycles. The van der Waals surface area contributed by atoms with Gasteiger partial charge in [0.1, 0.15) is 5.69 Å². The van der Waals surface area contributed by atoms with Crippen LogP contribution in [0.3, 0.4) is 0 Å². The van der Waals surface area contributed by atoms with Gasteiger partial charge in [-0.25, -0.2) is 4.79 Å². The Kier molecular flexibility index (Phi) is 8.19. The first-order valence-electron chi connectivity index (χ1n) is 13.2. The van der Waals surface area contributed by atoms with Crippen molar-refractivity contribution in [2.24, 2.45) is 0 Å². The molecule has 1 fully saturated rings. The highest BCUT2D eigenvalue weighted by molar-refractivity contribution is 14.1. The van der Waals surface area contributed by atoms with Crippen molar-refractivity contribution < 1.29 is 14.3 Å². The summed E-state index contributed by atoms with van der Waals surface area (Å²) < 4.78 is 10.7. The number of carboxylic acid groups (broad SMARTS) is 1. The van der Waals surface area contributed by atoms with Gasteiger partial charge in [-0.1, -0.05) is 109 Å². The maximum Gasteiger partial charge on any atom is 0.355 e. The molecule has 2 unspecified atom stereocenters. The number of hydrogen-bond donors (Lipinski definition) is 1. The van der Waals surface area contributed by atoms with E-state index < -0.39 is 14.3 Å². The predicted molar refractivity (Wildman–Crippen MR) is 170 cm³/mol. The molecule has 5 nitrogen and oxygen atoms in total. The fourth-order valence-electron chi connectivity index (χ4n) is 5.85. The summed E-state index contributed by atoms with van der Waals surface area (Å²) >= 11 is 5.61. The number of nitrogens with zero attached hydrogens (tertiary/aromatic N) is 2. The second-order valence-corrected chi connectivity index (χ2v) is 17.4. The van der Waals surface area contributed by atoms with E-state index in [2.05, 4.69) is 120 Å². The first-order valence-corrected chi connectivity index (χ1v) is 17.0. The molecule has 8 heteroatoms. The van der Waals surface area contributed by atoms with Crippen LogP contribution < -0.4 is 10.4 Å². The number of carboxylic acids is 1. The van der Waals surface area contributed by atoms with Crippen LogP contribution in [-0.2, 0) is 4.43 Å². The van der Waals surface area contributed by atoms with Crippen molar-refractivity contribution in [2.75, 3.05) is 0 Å². The molecule has 5 rings (SSSR count). The predicted octanol–water partition coefficient (Wildman–Crippen LogP) is 7.29. The second kappa shape index (κ2) is 11.3. The topological polar surface area (TPSA) is 64.4 Å². The third-order valence-corrected chi connectivity index (χ3v) is 14.3. The van der Waals surface area contributed by atoms with Gasteiger partial charge in [0.2, 0.25) is 0 Å². The highest BCUT2D eigenvalue weighted by Gasteiger charge is 2.52. The minimum absolute atomic E-state index is 0.000871. The van der Waals surface area contributed by atoms with E-state index in [9.17, 15) is 9.90 Å². The SMILES string of the molecule is CC(C)(C)[Si](OC1CCC(n2nc(-c3ccc(Br)cc3)c(I)c2C(=O)O)C1)(c1ccccc1)c1ccccc1. The quantitative estimate of drug-likeness (QED) is 0.161. The second-order valence-electron chi connectivity index (χ2n) is 11.1. The average molecular weight is 716 g/mol. The average Bonchev–Trinajstić information content (AvgIpc) is 3.52. The molecule has 1 heterocycles. The van der Waals surface area contributed by atoms with Crippen molar-refractivity contribution >= 4 is 63.2 Å². The summed E-state index contributed by atoms with van der Waals surface area (Å²) in [6, 6.07) is 29.1. The number of halogens is 2. The summed E-state index contributed by atoms with van der Waals surface area (Å²) in [4.78, 5) is 12.4. The zero-order chi connectivity index (χ0) is 27.8. The third-order valence-electron chi connectivity index (χ3n) is 7.64. The fraction of sp³-hybridized carbons (Fsp3) is 0.290.